The van der Waals surface area contributed by atoms with Crippen LogP contribution in [0.2, 0.25) is 0 Å². The lowest BCUT2D eigenvalue weighted by Gasteiger charge is -2.13. The first-order chi connectivity index (χ1) is 9.65. The second-order valence-corrected chi connectivity index (χ2v) is 4.71. The number of hydrogen-bond donors (Lipinski definition) is 2. The molecule has 0 bridgehead atoms. The molecule has 2 rings (SSSR count). The second kappa shape index (κ2) is 6.18. The van der Waals surface area contributed by atoms with Crippen molar-refractivity contribution in [3.63, 3.8) is 0 Å². The Labute approximate surface area is 119 Å². The van der Waals surface area contributed by atoms with E-state index >= 15 is 0 Å². The van der Waals surface area contributed by atoms with Gasteiger partial charge < -0.3 is 11.1 Å². The first kappa shape index (κ1) is 14.0. The first-order valence-corrected chi connectivity index (χ1v) is 6.54. The van der Waals surface area contributed by atoms with Crippen LogP contribution in [0.25, 0.3) is 0 Å². The molecule has 1 heterocycles. The van der Waals surface area contributed by atoms with Crippen molar-refractivity contribution in [2.24, 2.45) is 5.73 Å². The fourth-order valence-electron chi connectivity index (χ4n) is 2.23. The SMILES string of the molecule is Cc1cc(NCc2ccccc2CN)c(C#N)c(C)n1. The number of rotatable bonds is 4. The van der Waals surface area contributed by atoms with Gasteiger partial charge in [0.2, 0.25) is 0 Å². The maximum absolute atomic E-state index is 9.24. The molecule has 0 saturated carbocycles. The van der Waals surface area contributed by atoms with Gasteiger partial charge in [-0.1, -0.05) is 24.3 Å². The van der Waals surface area contributed by atoms with Gasteiger partial charge in [0, 0.05) is 18.8 Å². The van der Waals surface area contributed by atoms with Crippen LogP contribution in [0.4, 0.5) is 5.69 Å². The van der Waals surface area contributed by atoms with Gasteiger partial charge in [-0.15, -0.1) is 0 Å². The van der Waals surface area contributed by atoms with Crippen molar-refractivity contribution < 1.29 is 0 Å². The van der Waals surface area contributed by atoms with Gasteiger partial charge in [0.25, 0.3) is 0 Å². The van der Waals surface area contributed by atoms with Gasteiger partial charge >= 0.3 is 0 Å². The molecule has 2 aromatic rings. The quantitative estimate of drug-likeness (QED) is 0.892. The normalized spacial score (nSPS) is 10.1. The summed E-state index contributed by atoms with van der Waals surface area (Å²) in [6.45, 7) is 4.93. The smallest absolute Gasteiger partial charge is 0.103 e. The van der Waals surface area contributed by atoms with Gasteiger partial charge in [-0.25, -0.2) is 0 Å². The maximum atomic E-state index is 9.24. The Hall–Kier alpha value is -2.38. The summed E-state index contributed by atoms with van der Waals surface area (Å²) >= 11 is 0. The van der Waals surface area contributed by atoms with Gasteiger partial charge in [0.15, 0.2) is 0 Å². The molecule has 0 unspecified atom stereocenters. The Kier molecular flexibility index (Phi) is 4.34. The lowest BCUT2D eigenvalue weighted by atomic mass is 10.1. The molecule has 0 atom stereocenters. The van der Waals surface area contributed by atoms with E-state index in [9.17, 15) is 5.26 Å². The van der Waals surface area contributed by atoms with Crippen molar-refractivity contribution in [1.29, 1.82) is 5.26 Å². The first-order valence-electron chi connectivity index (χ1n) is 6.54. The predicted octanol–water partition coefficient (Wildman–Crippen LogP) is 2.64. The summed E-state index contributed by atoms with van der Waals surface area (Å²) < 4.78 is 0. The molecule has 20 heavy (non-hydrogen) atoms. The van der Waals surface area contributed by atoms with Crippen LogP contribution in [-0.4, -0.2) is 4.98 Å². The zero-order chi connectivity index (χ0) is 14.5. The van der Waals surface area contributed by atoms with Crippen LogP contribution >= 0.6 is 0 Å². The van der Waals surface area contributed by atoms with Crippen molar-refractivity contribution >= 4 is 5.69 Å². The van der Waals surface area contributed by atoms with E-state index in [0.717, 1.165) is 28.2 Å². The van der Waals surface area contributed by atoms with Crippen LogP contribution in [0.15, 0.2) is 30.3 Å². The molecule has 0 fully saturated rings. The summed E-state index contributed by atoms with van der Waals surface area (Å²) in [4.78, 5) is 4.31. The zero-order valence-electron chi connectivity index (χ0n) is 11.8. The fourth-order valence-corrected chi connectivity index (χ4v) is 2.23. The van der Waals surface area contributed by atoms with Crippen LogP contribution in [-0.2, 0) is 13.1 Å². The van der Waals surface area contributed by atoms with E-state index in [1.807, 2.05) is 44.2 Å². The highest BCUT2D eigenvalue weighted by Crippen LogP contribution is 2.20. The van der Waals surface area contributed by atoms with Gasteiger partial charge in [0.1, 0.15) is 6.07 Å². The third kappa shape index (κ3) is 2.95. The minimum Gasteiger partial charge on any atom is -0.380 e. The third-order valence-corrected chi connectivity index (χ3v) is 3.25. The standard InChI is InChI=1S/C16H18N4/c1-11-7-16(15(9-18)12(2)20-11)19-10-14-6-4-3-5-13(14)8-17/h3-7H,8,10,17H2,1-2H3,(H,19,20). The van der Waals surface area contributed by atoms with Crippen LogP contribution in [0, 0.1) is 25.2 Å². The molecule has 0 aliphatic rings. The minimum atomic E-state index is 0.511. The summed E-state index contributed by atoms with van der Waals surface area (Å²) in [5, 5.41) is 12.6. The lowest BCUT2D eigenvalue weighted by Crippen LogP contribution is -2.08. The number of pyridine rings is 1. The molecular formula is C16H18N4. The van der Waals surface area contributed by atoms with E-state index in [2.05, 4.69) is 16.4 Å². The lowest BCUT2D eigenvalue weighted by molar-refractivity contribution is 1.00. The number of nitrogens with one attached hydrogen (secondary N) is 1. The van der Waals surface area contributed by atoms with Crippen molar-refractivity contribution in [2.75, 3.05) is 5.32 Å². The van der Waals surface area contributed by atoms with Gasteiger partial charge in [-0.3, -0.25) is 4.98 Å². The molecule has 3 N–H and O–H groups in total. The number of nitriles is 1. The summed E-state index contributed by atoms with van der Waals surface area (Å²) in [6, 6.07) is 12.1. The Morgan fingerprint density at radius 2 is 1.95 bits per heavy atom. The second-order valence-electron chi connectivity index (χ2n) is 4.71. The van der Waals surface area contributed by atoms with E-state index in [1.54, 1.807) is 0 Å². The fraction of sp³-hybridized carbons (Fsp3) is 0.250. The molecule has 0 radical (unpaired) electrons. The van der Waals surface area contributed by atoms with Gasteiger partial charge in [-0.2, -0.15) is 5.26 Å². The highest BCUT2D eigenvalue weighted by molar-refractivity contribution is 5.60. The molecule has 102 valence electrons. The molecular weight excluding hydrogens is 248 g/mol. The van der Waals surface area contributed by atoms with E-state index in [-0.39, 0.29) is 0 Å². The Balaban J connectivity index is 2.25. The molecule has 0 aliphatic heterocycles. The Morgan fingerprint density at radius 1 is 1.25 bits per heavy atom. The van der Waals surface area contributed by atoms with E-state index < -0.39 is 0 Å². The topological polar surface area (TPSA) is 74.7 Å². The molecule has 0 aliphatic carbocycles. The van der Waals surface area contributed by atoms with E-state index in [4.69, 9.17) is 5.73 Å². The highest BCUT2D eigenvalue weighted by atomic mass is 14.9. The zero-order valence-corrected chi connectivity index (χ0v) is 11.8. The number of anilines is 1. The maximum Gasteiger partial charge on any atom is 0.103 e. The molecule has 4 nitrogen and oxygen atoms in total. The Morgan fingerprint density at radius 3 is 2.60 bits per heavy atom. The van der Waals surface area contributed by atoms with Crippen molar-refractivity contribution in [3.8, 4) is 6.07 Å². The summed E-state index contributed by atoms with van der Waals surface area (Å²) in [5.41, 5.74) is 11.1. The summed E-state index contributed by atoms with van der Waals surface area (Å²) in [6.07, 6.45) is 0. The van der Waals surface area contributed by atoms with Crippen LogP contribution < -0.4 is 11.1 Å². The van der Waals surface area contributed by atoms with Gasteiger partial charge in [0.05, 0.1) is 16.9 Å². The monoisotopic (exact) mass is 266 g/mol. The van der Waals surface area contributed by atoms with Crippen molar-refractivity contribution in [3.05, 3.63) is 58.4 Å². The summed E-state index contributed by atoms with van der Waals surface area (Å²) in [7, 11) is 0. The van der Waals surface area contributed by atoms with E-state index in [1.165, 1.54) is 0 Å². The van der Waals surface area contributed by atoms with E-state index in [0.29, 0.717) is 18.7 Å². The Bertz CT molecular complexity index is 656. The van der Waals surface area contributed by atoms with Crippen LogP contribution in [0.5, 0.6) is 0 Å². The van der Waals surface area contributed by atoms with Crippen molar-refractivity contribution in [1.82, 2.24) is 4.98 Å². The highest BCUT2D eigenvalue weighted by Gasteiger charge is 2.08. The minimum absolute atomic E-state index is 0.511. The number of nitrogens with two attached hydrogens (primary N) is 1. The number of benzene rings is 1. The molecule has 1 aromatic carbocycles. The number of aromatic nitrogens is 1. The predicted molar refractivity (Wildman–Crippen MR) is 80.1 cm³/mol. The largest absolute Gasteiger partial charge is 0.380 e. The average molecular weight is 266 g/mol. The third-order valence-electron chi connectivity index (χ3n) is 3.25. The summed E-state index contributed by atoms with van der Waals surface area (Å²) in [5.74, 6) is 0. The average Bonchev–Trinajstić information content (AvgIpc) is 2.45. The van der Waals surface area contributed by atoms with Gasteiger partial charge in [-0.05, 0) is 31.0 Å². The number of nitrogens with zero attached hydrogens (tertiary/aromatic N) is 2. The molecule has 1 aromatic heterocycles. The molecule has 4 heteroatoms. The number of aryl methyl sites for hydroxylation is 2. The van der Waals surface area contributed by atoms with Crippen LogP contribution in [0.1, 0.15) is 28.1 Å². The van der Waals surface area contributed by atoms with Crippen molar-refractivity contribution in [2.45, 2.75) is 26.9 Å². The number of hydrogen-bond acceptors (Lipinski definition) is 4. The molecule has 0 amide bonds. The molecule has 0 saturated heterocycles. The molecule has 0 spiro atoms. The van der Waals surface area contributed by atoms with Crippen LogP contribution in [0.3, 0.4) is 0 Å².